The van der Waals surface area contributed by atoms with Crippen molar-refractivity contribution in [3.8, 4) is 0 Å². The molecular weight excluding hydrogens is 321 g/mol. The monoisotopic (exact) mass is 337 g/mol. The van der Waals surface area contributed by atoms with Gasteiger partial charge in [0, 0.05) is 11.6 Å². The first-order valence-electron chi connectivity index (χ1n) is 6.41. The zero-order valence-electron chi connectivity index (χ0n) is 11.1. The van der Waals surface area contributed by atoms with E-state index in [2.05, 4.69) is 4.72 Å². The number of sulfonamides is 1. The number of hydrogen-bond acceptors (Lipinski definition) is 3. The number of aliphatic hydroxyl groups is 1. The summed E-state index contributed by atoms with van der Waals surface area (Å²) in [6.07, 6.45) is 3.06. The van der Waals surface area contributed by atoms with Crippen molar-refractivity contribution in [2.24, 2.45) is 0 Å². The Kier molecular flexibility index (Phi) is 4.66. The van der Waals surface area contributed by atoms with Gasteiger partial charge in [0.05, 0.1) is 10.6 Å². The lowest BCUT2D eigenvalue weighted by Gasteiger charge is -2.22. The van der Waals surface area contributed by atoms with Crippen molar-refractivity contribution in [3.63, 3.8) is 0 Å². The van der Waals surface area contributed by atoms with Crippen LogP contribution in [0.4, 0.5) is 0 Å². The lowest BCUT2D eigenvalue weighted by Crippen LogP contribution is -2.40. The molecule has 1 fully saturated rings. The van der Waals surface area contributed by atoms with E-state index in [1.807, 2.05) is 0 Å². The van der Waals surface area contributed by atoms with Crippen LogP contribution >= 0.6 is 23.2 Å². The second-order valence-electron chi connectivity index (χ2n) is 5.29. The Labute approximate surface area is 129 Å². The van der Waals surface area contributed by atoms with Crippen molar-refractivity contribution in [1.29, 1.82) is 0 Å². The molecule has 0 radical (unpaired) electrons. The van der Waals surface area contributed by atoms with Crippen molar-refractivity contribution in [3.05, 3.63) is 27.7 Å². The fourth-order valence-corrected chi connectivity index (χ4v) is 4.30. The van der Waals surface area contributed by atoms with Crippen LogP contribution in [-0.2, 0) is 10.0 Å². The first-order valence-corrected chi connectivity index (χ1v) is 8.65. The van der Waals surface area contributed by atoms with Crippen molar-refractivity contribution >= 4 is 33.2 Å². The van der Waals surface area contributed by atoms with E-state index < -0.39 is 15.6 Å². The van der Waals surface area contributed by atoms with Crippen LogP contribution in [0.25, 0.3) is 0 Å². The first-order chi connectivity index (χ1) is 9.23. The van der Waals surface area contributed by atoms with Gasteiger partial charge in [0.15, 0.2) is 0 Å². The molecule has 2 N–H and O–H groups in total. The molecule has 0 aromatic heterocycles. The van der Waals surface area contributed by atoms with Gasteiger partial charge in [0.1, 0.15) is 4.90 Å². The standard InChI is InChI=1S/C13H17Cl2NO3S/c1-9-6-12(11(15)7-10(9)14)20(18,19)16-8-13(17)4-2-3-5-13/h6-7,16-17H,2-5,8H2,1H3. The summed E-state index contributed by atoms with van der Waals surface area (Å²) in [6, 6.07) is 2.85. The second-order valence-corrected chi connectivity index (χ2v) is 7.84. The predicted octanol–water partition coefficient (Wildman–Crippen LogP) is 2.89. The Hall–Kier alpha value is -0.330. The molecule has 2 rings (SSSR count). The SMILES string of the molecule is Cc1cc(S(=O)(=O)NCC2(O)CCCC2)c(Cl)cc1Cl. The maximum Gasteiger partial charge on any atom is 0.242 e. The zero-order chi connectivity index (χ0) is 15.0. The van der Waals surface area contributed by atoms with Crippen LogP contribution in [0, 0.1) is 6.92 Å². The molecule has 0 aliphatic heterocycles. The van der Waals surface area contributed by atoms with E-state index in [4.69, 9.17) is 23.2 Å². The van der Waals surface area contributed by atoms with Crippen LogP contribution in [0.1, 0.15) is 31.2 Å². The van der Waals surface area contributed by atoms with Crippen LogP contribution in [0.3, 0.4) is 0 Å². The van der Waals surface area contributed by atoms with Gasteiger partial charge >= 0.3 is 0 Å². The van der Waals surface area contributed by atoms with E-state index >= 15 is 0 Å². The number of hydrogen-bond donors (Lipinski definition) is 2. The molecule has 0 unspecified atom stereocenters. The molecule has 4 nitrogen and oxygen atoms in total. The van der Waals surface area contributed by atoms with Crippen LogP contribution in [0.2, 0.25) is 10.0 Å². The third-order valence-electron chi connectivity index (χ3n) is 3.63. The Bertz CT molecular complexity index is 610. The van der Waals surface area contributed by atoms with Crippen LogP contribution in [-0.4, -0.2) is 25.7 Å². The number of rotatable bonds is 4. The molecule has 0 saturated heterocycles. The quantitative estimate of drug-likeness (QED) is 0.887. The summed E-state index contributed by atoms with van der Waals surface area (Å²) in [4.78, 5) is -0.0114. The van der Waals surface area contributed by atoms with E-state index in [0.29, 0.717) is 23.4 Å². The van der Waals surface area contributed by atoms with Crippen molar-refractivity contribution < 1.29 is 13.5 Å². The summed E-state index contributed by atoms with van der Waals surface area (Å²) in [5.41, 5.74) is -0.308. The summed E-state index contributed by atoms with van der Waals surface area (Å²) in [6.45, 7) is 1.72. The second kappa shape index (κ2) is 5.81. The summed E-state index contributed by atoms with van der Waals surface area (Å²) in [7, 11) is -3.76. The van der Waals surface area contributed by atoms with E-state index in [1.165, 1.54) is 12.1 Å². The molecule has 1 aliphatic rings. The van der Waals surface area contributed by atoms with Crippen LogP contribution in [0.15, 0.2) is 17.0 Å². The number of nitrogens with one attached hydrogen (secondary N) is 1. The Morgan fingerprint density at radius 2 is 1.85 bits per heavy atom. The molecule has 0 amide bonds. The minimum absolute atomic E-state index is 0.00728. The Morgan fingerprint density at radius 1 is 1.25 bits per heavy atom. The van der Waals surface area contributed by atoms with Gasteiger partial charge in [-0.2, -0.15) is 0 Å². The maximum atomic E-state index is 12.3. The highest BCUT2D eigenvalue weighted by Gasteiger charge is 2.33. The third kappa shape index (κ3) is 3.46. The molecule has 0 bridgehead atoms. The molecule has 1 aliphatic carbocycles. The largest absolute Gasteiger partial charge is 0.389 e. The van der Waals surface area contributed by atoms with Crippen molar-refractivity contribution in [2.75, 3.05) is 6.54 Å². The molecule has 20 heavy (non-hydrogen) atoms. The van der Waals surface area contributed by atoms with E-state index in [1.54, 1.807) is 6.92 Å². The van der Waals surface area contributed by atoms with Crippen molar-refractivity contribution in [2.45, 2.75) is 43.1 Å². The molecule has 1 saturated carbocycles. The maximum absolute atomic E-state index is 12.3. The highest BCUT2D eigenvalue weighted by atomic mass is 35.5. The normalized spacial score (nSPS) is 18.4. The number of aryl methyl sites for hydroxylation is 1. The van der Waals surface area contributed by atoms with Gasteiger partial charge in [-0.25, -0.2) is 13.1 Å². The zero-order valence-corrected chi connectivity index (χ0v) is 13.4. The van der Waals surface area contributed by atoms with Gasteiger partial charge in [-0.15, -0.1) is 0 Å². The minimum atomic E-state index is -3.76. The Morgan fingerprint density at radius 3 is 2.45 bits per heavy atom. The summed E-state index contributed by atoms with van der Waals surface area (Å²) < 4.78 is 27.0. The third-order valence-corrected chi connectivity index (χ3v) is 5.90. The molecule has 112 valence electrons. The lowest BCUT2D eigenvalue weighted by molar-refractivity contribution is 0.0532. The van der Waals surface area contributed by atoms with Gasteiger partial charge in [0.2, 0.25) is 10.0 Å². The molecular formula is C13H17Cl2NO3S. The Balaban J connectivity index is 2.20. The fraction of sp³-hybridized carbons (Fsp3) is 0.538. The lowest BCUT2D eigenvalue weighted by atomic mass is 10.0. The van der Waals surface area contributed by atoms with Crippen molar-refractivity contribution in [1.82, 2.24) is 4.72 Å². The summed E-state index contributed by atoms with van der Waals surface area (Å²) >= 11 is 11.8. The van der Waals surface area contributed by atoms with Gasteiger partial charge in [-0.3, -0.25) is 0 Å². The highest BCUT2D eigenvalue weighted by molar-refractivity contribution is 7.89. The number of benzene rings is 1. The van der Waals surface area contributed by atoms with Gasteiger partial charge < -0.3 is 5.11 Å². The van der Waals surface area contributed by atoms with E-state index in [9.17, 15) is 13.5 Å². The fourth-order valence-electron chi connectivity index (χ4n) is 2.35. The van der Waals surface area contributed by atoms with Crippen LogP contribution in [0.5, 0.6) is 0 Å². The molecule has 0 spiro atoms. The summed E-state index contributed by atoms with van der Waals surface area (Å²) in [5.74, 6) is 0. The average Bonchev–Trinajstić information content (AvgIpc) is 2.79. The van der Waals surface area contributed by atoms with Gasteiger partial charge in [-0.1, -0.05) is 36.0 Å². The molecule has 0 heterocycles. The van der Waals surface area contributed by atoms with Gasteiger partial charge in [0.25, 0.3) is 0 Å². The molecule has 0 atom stereocenters. The van der Waals surface area contributed by atoms with Crippen LogP contribution < -0.4 is 4.72 Å². The molecule has 1 aromatic carbocycles. The van der Waals surface area contributed by atoms with Gasteiger partial charge in [-0.05, 0) is 37.5 Å². The molecule has 7 heteroatoms. The average molecular weight is 338 g/mol. The molecule has 1 aromatic rings. The minimum Gasteiger partial charge on any atom is -0.389 e. The summed E-state index contributed by atoms with van der Waals surface area (Å²) in [5, 5.41) is 10.7. The topological polar surface area (TPSA) is 66.4 Å². The first kappa shape index (κ1) is 16.0. The predicted molar refractivity (Wildman–Crippen MR) is 79.8 cm³/mol. The van der Waals surface area contributed by atoms with E-state index in [0.717, 1.165) is 12.8 Å². The smallest absolute Gasteiger partial charge is 0.242 e. The number of halogens is 2. The highest BCUT2D eigenvalue weighted by Crippen LogP contribution is 2.31. The van der Waals surface area contributed by atoms with E-state index in [-0.39, 0.29) is 16.5 Å².